The van der Waals surface area contributed by atoms with Crippen molar-refractivity contribution < 1.29 is 4.79 Å². The average molecular weight is 348 g/mol. The molecule has 26 heavy (non-hydrogen) atoms. The van der Waals surface area contributed by atoms with E-state index in [1.807, 2.05) is 54.1 Å². The third-order valence-electron chi connectivity index (χ3n) is 3.68. The maximum absolute atomic E-state index is 11.8. The molecule has 1 amide bonds. The van der Waals surface area contributed by atoms with E-state index in [1.54, 1.807) is 12.3 Å². The number of carbonyl (C=O) groups is 1. The molecule has 0 spiro atoms. The Morgan fingerprint density at radius 1 is 1.15 bits per heavy atom. The van der Waals surface area contributed by atoms with Gasteiger partial charge < -0.3 is 10.6 Å². The van der Waals surface area contributed by atoms with E-state index < -0.39 is 0 Å². The smallest absolute Gasteiger partial charge is 0.244 e. The summed E-state index contributed by atoms with van der Waals surface area (Å²) in [5.74, 6) is 2.16. The predicted octanol–water partition coefficient (Wildman–Crippen LogP) is 2.21. The van der Waals surface area contributed by atoms with E-state index in [0.29, 0.717) is 18.9 Å². The van der Waals surface area contributed by atoms with Gasteiger partial charge in [-0.1, -0.05) is 30.3 Å². The van der Waals surface area contributed by atoms with Crippen molar-refractivity contribution in [3.05, 3.63) is 72.6 Å². The van der Waals surface area contributed by atoms with Crippen LogP contribution in [0.25, 0.3) is 11.9 Å². The van der Waals surface area contributed by atoms with Gasteiger partial charge in [-0.25, -0.2) is 15.0 Å². The van der Waals surface area contributed by atoms with Crippen LogP contribution in [0.4, 0.5) is 5.82 Å². The molecule has 0 aliphatic carbocycles. The molecule has 3 rings (SSSR count). The Bertz CT molecular complexity index is 888. The van der Waals surface area contributed by atoms with Crippen LogP contribution in [-0.2, 0) is 4.79 Å². The first-order valence-corrected chi connectivity index (χ1v) is 8.29. The van der Waals surface area contributed by atoms with Crippen molar-refractivity contribution in [3.63, 3.8) is 0 Å². The standard InChI is InChI=1S/C19H20N6O/c1-15-20-11-12-25(15)18-13-17(23-14-24-18)21-9-10-22-19(26)8-7-16-5-3-2-4-6-16/h2-8,11-14H,9-10H2,1H3,(H,22,26)(H,21,23,24). The van der Waals surface area contributed by atoms with Crippen molar-refractivity contribution in [1.82, 2.24) is 24.8 Å². The van der Waals surface area contributed by atoms with E-state index in [-0.39, 0.29) is 5.91 Å². The number of amides is 1. The number of nitrogens with zero attached hydrogens (tertiary/aromatic N) is 4. The quantitative estimate of drug-likeness (QED) is 0.505. The highest BCUT2D eigenvalue weighted by Crippen LogP contribution is 2.10. The number of hydrogen-bond acceptors (Lipinski definition) is 5. The molecule has 0 aliphatic heterocycles. The number of rotatable bonds is 7. The Balaban J connectivity index is 1.46. The second kappa shape index (κ2) is 8.57. The molecule has 0 fully saturated rings. The van der Waals surface area contributed by atoms with E-state index in [4.69, 9.17) is 0 Å². The molecule has 1 aromatic carbocycles. The number of anilines is 1. The van der Waals surface area contributed by atoms with Gasteiger partial charge in [-0.05, 0) is 18.6 Å². The minimum atomic E-state index is -0.131. The van der Waals surface area contributed by atoms with Gasteiger partial charge in [-0.3, -0.25) is 9.36 Å². The molecule has 7 nitrogen and oxygen atoms in total. The zero-order valence-corrected chi connectivity index (χ0v) is 14.5. The zero-order chi connectivity index (χ0) is 18.2. The van der Waals surface area contributed by atoms with Crippen LogP contribution in [0.3, 0.4) is 0 Å². The highest BCUT2D eigenvalue weighted by atomic mass is 16.1. The lowest BCUT2D eigenvalue weighted by atomic mass is 10.2. The van der Waals surface area contributed by atoms with Crippen LogP contribution < -0.4 is 10.6 Å². The normalized spacial score (nSPS) is 10.8. The van der Waals surface area contributed by atoms with Gasteiger partial charge in [0.1, 0.15) is 23.8 Å². The van der Waals surface area contributed by atoms with Crippen molar-refractivity contribution in [2.45, 2.75) is 6.92 Å². The van der Waals surface area contributed by atoms with Crippen molar-refractivity contribution in [2.24, 2.45) is 0 Å². The number of hydrogen-bond donors (Lipinski definition) is 2. The Morgan fingerprint density at radius 3 is 2.77 bits per heavy atom. The first kappa shape index (κ1) is 17.3. The SMILES string of the molecule is Cc1nccn1-c1cc(NCCNC(=O)C=Cc2ccccc2)ncn1. The van der Waals surface area contributed by atoms with Crippen LogP contribution >= 0.6 is 0 Å². The molecule has 3 aromatic rings. The molecule has 2 N–H and O–H groups in total. The Hall–Kier alpha value is -3.48. The summed E-state index contributed by atoms with van der Waals surface area (Å²) in [6.45, 7) is 2.96. The Labute approximate surface area is 151 Å². The van der Waals surface area contributed by atoms with Crippen molar-refractivity contribution in [3.8, 4) is 5.82 Å². The average Bonchev–Trinajstić information content (AvgIpc) is 3.11. The molecule has 2 aromatic heterocycles. The van der Waals surface area contributed by atoms with Gasteiger partial charge in [0.05, 0.1) is 0 Å². The number of aryl methyl sites for hydroxylation is 1. The fourth-order valence-corrected chi connectivity index (χ4v) is 2.37. The molecule has 0 aliphatic rings. The summed E-state index contributed by atoms with van der Waals surface area (Å²) in [6.07, 6.45) is 8.38. The maximum atomic E-state index is 11.8. The van der Waals surface area contributed by atoms with Gasteiger partial charge in [0.2, 0.25) is 5.91 Å². The molecule has 132 valence electrons. The number of benzene rings is 1. The second-order valence-corrected chi connectivity index (χ2v) is 5.57. The minimum absolute atomic E-state index is 0.131. The summed E-state index contributed by atoms with van der Waals surface area (Å²) in [5.41, 5.74) is 0.990. The van der Waals surface area contributed by atoms with Crippen LogP contribution in [-0.4, -0.2) is 38.5 Å². The summed E-state index contributed by atoms with van der Waals surface area (Å²) in [5, 5.41) is 6.00. The van der Waals surface area contributed by atoms with Crippen LogP contribution in [0.1, 0.15) is 11.4 Å². The molecule has 0 radical (unpaired) electrons. The van der Waals surface area contributed by atoms with Crippen LogP contribution in [0.5, 0.6) is 0 Å². The number of nitrogens with one attached hydrogen (secondary N) is 2. The molecular formula is C19H20N6O. The van der Waals surface area contributed by atoms with Gasteiger partial charge in [0.15, 0.2) is 0 Å². The summed E-state index contributed by atoms with van der Waals surface area (Å²) in [4.78, 5) is 24.4. The van der Waals surface area contributed by atoms with Gasteiger partial charge in [0, 0.05) is 37.6 Å². The van der Waals surface area contributed by atoms with Crippen LogP contribution in [0.15, 0.2) is 61.2 Å². The largest absolute Gasteiger partial charge is 0.368 e. The van der Waals surface area contributed by atoms with Gasteiger partial charge in [0.25, 0.3) is 0 Å². The molecule has 0 unspecified atom stereocenters. The van der Waals surface area contributed by atoms with Crippen molar-refractivity contribution >= 4 is 17.8 Å². The molecule has 7 heteroatoms. The van der Waals surface area contributed by atoms with E-state index in [2.05, 4.69) is 25.6 Å². The number of imidazole rings is 1. The highest BCUT2D eigenvalue weighted by molar-refractivity contribution is 5.91. The Kier molecular flexibility index (Phi) is 5.72. The third kappa shape index (κ3) is 4.76. The van der Waals surface area contributed by atoms with E-state index in [1.165, 1.54) is 12.4 Å². The summed E-state index contributed by atoms with van der Waals surface area (Å²) in [6, 6.07) is 11.5. The van der Waals surface area contributed by atoms with Gasteiger partial charge >= 0.3 is 0 Å². The first-order chi connectivity index (χ1) is 12.7. The molecule has 0 saturated heterocycles. The highest BCUT2D eigenvalue weighted by Gasteiger charge is 2.03. The van der Waals surface area contributed by atoms with Crippen molar-refractivity contribution in [2.75, 3.05) is 18.4 Å². The molecule has 0 saturated carbocycles. The monoisotopic (exact) mass is 348 g/mol. The zero-order valence-electron chi connectivity index (χ0n) is 14.5. The lowest BCUT2D eigenvalue weighted by Crippen LogP contribution is -2.27. The minimum Gasteiger partial charge on any atom is -0.368 e. The van der Waals surface area contributed by atoms with Crippen LogP contribution in [0, 0.1) is 6.92 Å². The summed E-state index contributed by atoms with van der Waals surface area (Å²) >= 11 is 0. The summed E-state index contributed by atoms with van der Waals surface area (Å²) < 4.78 is 1.88. The second-order valence-electron chi connectivity index (χ2n) is 5.57. The molecule has 0 bridgehead atoms. The van der Waals surface area contributed by atoms with E-state index >= 15 is 0 Å². The summed E-state index contributed by atoms with van der Waals surface area (Å²) in [7, 11) is 0. The fraction of sp³-hybridized carbons (Fsp3) is 0.158. The third-order valence-corrected chi connectivity index (χ3v) is 3.68. The van der Waals surface area contributed by atoms with Gasteiger partial charge in [-0.2, -0.15) is 0 Å². The number of aromatic nitrogens is 4. The van der Waals surface area contributed by atoms with Crippen molar-refractivity contribution in [1.29, 1.82) is 0 Å². The fourth-order valence-electron chi connectivity index (χ4n) is 2.37. The molecule has 2 heterocycles. The Morgan fingerprint density at radius 2 is 2.00 bits per heavy atom. The lowest BCUT2D eigenvalue weighted by molar-refractivity contribution is -0.116. The maximum Gasteiger partial charge on any atom is 0.244 e. The molecule has 0 atom stereocenters. The number of carbonyl (C=O) groups excluding carboxylic acids is 1. The van der Waals surface area contributed by atoms with E-state index in [9.17, 15) is 4.79 Å². The van der Waals surface area contributed by atoms with Crippen LogP contribution in [0.2, 0.25) is 0 Å². The first-order valence-electron chi connectivity index (χ1n) is 8.29. The topological polar surface area (TPSA) is 84.7 Å². The molecular weight excluding hydrogens is 328 g/mol. The lowest BCUT2D eigenvalue weighted by Gasteiger charge is -2.08. The van der Waals surface area contributed by atoms with E-state index in [0.717, 1.165) is 17.2 Å². The predicted molar refractivity (Wildman–Crippen MR) is 101 cm³/mol. The van der Waals surface area contributed by atoms with Gasteiger partial charge in [-0.15, -0.1) is 0 Å².